The second kappa shape index (κ2) is 8.12. The molecular formula is C14H17Cl2NO3. The lowest BCUT2D eigenvalue weighted by molar-refractivity contribution is -0.142. The molecule has 1 aromatic carbocycles. The van der Waals surface area contributed by atoms with Crippen LogP contribution in [-0.4, -0.2) is 23.0 Å². The second-order valence-corrected chi connectivity index (χ2v) is 5.28. The minimum atomic E-state index is -1.02. The van der Waals surface area contributed by atoms with E-state index in [0.29, 0.717) is 22.0 Å². The van der Waals surface area contributed by atoms with Crippen molar-refractivity contribution in [3.8, 4) is 0 Å². The number of carboxylic acids is 1. The first-order valence-electron chi connectivity index (χ1n) is 6.40. The predicted molar refractivity (Wildman–Crippen MR) is 79.3 cm³/mol. The zero-order chi connectivity index (χ0) is 15.1. The van der Waals surface area contributed by atoms with E-state index in [-0.39, 0.29) is 12.3 Å². The fourth-order valence-electron chi connectivity index (χ4n) is 1.77. The van der Waals surface area contributed by atoms with E-state index < -0.39 is 12.0 Å². The van der Waals surface area contributed by atoms with Crippen molar-refractivity contribution in [2.75, 3.05) is 0 Å². The molecule has 1 atom stereocenters. The summed E-state index contributed by atoms with van der Waals surface area (Å²) in [5.41, 5.74) is 0.580. The number of carbonyl (C=O) groups is 2. The highest BCUT2D eigenvalue weighted by molar-refractivity contribution is 6.42. The molecule has 0 radical (unpaired) electrons. The van der Waals surface area contributed by atoms with Crippen LogP contribution < -0.4 is 5.32 Å². The SMILES string of the molecule is CCCC[C@H](NC(=O)Cc1cccc(Cl)c1Cl)C(=O)O. The lowest BCUT2D eigenvalue weighted by atomic mass is 10.1. The highest BCUT2D eigenvalue weighted by Crippen LogP contribution is 2.25. The van der Waals surface area contributed by atoms with Gasteiger partial charge in [-0.15, -0.1) is 0 Å². The van der Waals surface area contributed by atoms with Gasteiger partial charge in [-0.05, 0) is 18.1 Å². The van der Waals surface area contributed by atoms with Gasteiger partial charge in [-0.3, -0.25) is 4.79 Å². The molecule has 1 rings (SSSR count). The highest BCUT2D eigenvalue weighted by atomic mass is 35.5. The Labute approximate surface area is 128 Å². The quantitative estimate of drug-likeness (QED) is 0.810. The maximum absolute atomic E-state index is 11.9. The summed E-state index contributed by atoms with van der Waals surface area (Å²) in [6.07, 6.45) is 2.05. The van der Waals surface area contributed by atoms with E-state index in [0.717, 1.165) is 12.8 Å². The number of hydrogen-bond donors (Lipinski definition) is 2. The molecule has 0 fully saturated rings. The van der Waals surface area contributed by atoms with Gasteiger partial charge >= 0.3 is 5.97 Å². The van der Waals surface area contributed by atoms with Crippen LogP contribution in [0.15, 0.2) is 18.2 Å². The van der Waals surface area contributed by atoms with Crippen LogP contribution in [-0.2, 0) is 16.0 Å². The molecule has 0 aliphatic rings. The van der Waals surface area contributed by atoms with Gasteiger partial charge in [0.05, 0.1) is 16.5 Å². The lowest BCUT2D eigenvalue weighted by Gasteiger charge is -2.14. The third-order valence-corrected chi connectivity index (χ3v) is 3.72. The molecule has 1 aromatic rings. The summed E-state index contributed by atoms with van der Waals surface area (Å²) in [7, 11) is 0. The van der Waals surface area contributed by atoms with Gasteiger partial charge in [0, 0.05) is 0 Å². The first-order valence-corrected chi connectivity index (χ1v) is 7.16. The van der Waals surface area contributed by atoms with Crippen molar-refractivity contribution in [2.24, 2.45) is 0 Å². The Morgan fingerprint density at radius 1 is 1.35 bits per heavy atom. The number of rotatable bonds is 7. The number of carboxylic acid groups (broad SMARTS) is 1. The standard InChI is InChI=1S/C14H17Cl2NO3/c1-2-3-7-11(14(19)20)17-12(18)8-9-5-4-6-10(15)13(9)16/h4-6,11H,2-3,7-8H2,1H3,(H,17,18)(H,19,20)/t11-/m0/s1. The second-order valence-electron chi connectivity index (χ2n) is 4.49. The number of nitrogens with one attached hydrogen (secondary N) is 1. The van der Waals surface area contributed by atoms with Gasteiger partial charge in [-0.1, -0.05) is 55.1 Å². The van der Waals surface area contributed by atoms with E-state index in [9.17, 15) is 9.59 Å². The number of aliphatic carboxylic acids is 1. The van der Waals surface area contributed by atoms with E-state index in [2.05, 4.69) is 5.32 Å². The normalized spacial score (nSPS) is 11.9. The summed E-state index contributed by atoms with van der Waals surface area (Å²) >= 11 is 11.9. The van der Waals surface area contributed by atoms with Gasteiger partial charge in [-0.25, -0.2) is 4.79 Å². The number of carbonyl (C=O) groups excluding carboxylic acids is 1. The highest BCUT2D eigenvalue weighted by Gasteiger charge is 2.19. The van der Waals surface area contributed by atoms with Crippen molar-refractivity contribution in [2.45, 2.75) is 38.6 Å². The molecule has 1 amide bonds. The van der Waals surface area contributed by atoms with Gasteiger partial charge in [0.2, 0.25) is 5.91 Å². The Bertz CT molecular complexity index is 491. The molecule has 0 saturated carbocycles. The third-order valence-electron chi connectivity index (χ3n) is 2.86. The zero-order valence-electron chi connectivity index (χ0n) is 11.2. The van der Waals surface area contributed by atoms with Crippen LogP contribution in [0.3, 0.4) is 0 Å². The largest absolute Gasteiger partial charge is 0.480 e. The molecule has 0 bridgehead atoms. The molecule has 0 unspecified atom stereocenters. The molecule has 6 heteroatoms. The van der Waals surface area contributed by atoms with Gasteiger partial charge in [-0.2, -0.15) is 0 Å². The Hall–Kier alpha value is -1.26. The first-order chi connectivity index (χ1) is 9.45. The summed E-state index contributed by atoms with van der Waals surface area (Å²) in [5.74, 6) is -1.40. The fraction of sp³-hybridized carbons (Fsp3) is 0.429. The molecule has 4 nitrogen and oxygen atoms in total. The van der Waals surface area contributed by atoms with Gasteiger partial charge in [0.15, 0.2) is 0 Å². The molecular weight excluding hydrogens is 301 g/mol. The molecule has 0 saturated heterocycles. The monoisotopic (exact) mass is 317 g/mol. The maximum Gasteiger partial charge on any atom is 0.326 e. The summed E-state index contributed by atoms with van der Waals surface area (Å²) in [4.78, 5) is 22.9. The summed E-state index contributed by atoms with van der Waals surface area (Å²) in [6.45, 7) is 1.96. The van der Waals surface area contributed by atoms with E-state index in [1.54, 1.807) is 18.2 Å². The van der Waals surface area contributed by atoms with E-state index in [4.69, 9.17) is 28.3 Å². The van der Waals surface area contributed by atoms with Crippen LogP contribution in [0, 0.1) is 0 Å². The number of benzene rings is 1. The minimum Gasteiger partial charge on any atom is -0.480 e. The number of hydrogen-bond acceptors (Lipinski definition) is 2. The van der Waals surface area contributed by atoms with Gasteiger partial charge in [0.25, 0.3) is 0 Å². The molecule has 0 spiro atoms. The summed E-state index contributed by atoms with van der Waals surface area (Å²) in [5, 5.41) is 12.3. The van der Waals surface area contributed by atoms with E-state index >= 15 is 0 Å². The Kier molecular flexibility index (Phi) is 6.82. The lowest BCUT2D eigenvalue weighted by Crippen LogP contribution is -2.41. The van der Waals surface area contributed by atoms with Crippen LogP contribution in [0.1, 0.15) is 31.7 Å². The molecule has 0 aliphatic heterocycles. The van der Waals surface area contributed by atoms with Crippen LogP contribution in [0.2, 0.25) is 10.0 Å². The van der Waals surface area contributed by atoms with Gasteiger partial charge in [0.1, 0.15) is 6.04 Å². The number of halogens is 2. The molecule has 2 N–H and O–H groups in total. The van der Waals surface area contributed by atoms with Crippen molar-refractivity contribution in [3.63, 3.8) is 0 Å². The summed E-state index contributed by atoms with van der Waals surface area (Å²) < 4.78 is 0. The molecule has 20 heavy (non-hydrogen) atoms. The topological polar surface area (TPSA) is 66.4 Å². The molecule has 0 aromatic heterocycles. The molecule has 0 aliphatic carbocycles. The van der Waals surface area contributed by atoms with Crippen molar-refractivity contribution in [3.05, 3.63) is 33.8 Å². The number of amides is 1. The average Bonchev–Trinajstić information content (AvgIpc) is 2.39. The number of unbranched alkanes of at least 4 members (excludes halogenated alkanes) is 1. The Morgan fingerprint density at radius 3 is 2.65 bits per heavy atom. The van der Waals surface area contributed by atoms with Crippen LogP contribution >= 0.6 is 23.2 Å². The van der Waals surface area contributed by atoms with Crippen molar-refractivity contribution in [1.29, 1.82) is 0 Å². The van der Waals surface area contributed by atoms with Crippen molar-refractivity contribution < 1.29 is 14.7 Å². The smallest absolute Gasteiger partial charge is 0.326 e. The maximum atomic E-state index is 11.9. The van der Waals surface area contributed by atoms with Crippen LogP contribution in [0.5, 0.6) is 0 Å². The zero-order valence-corrected chi connectivity index (χ0v) is 12.7. The van der Waals surface area contributed by atoms with E-state index in [1.165, 1.54) is 0 Å². The third kappa shape index (κ3) is 5.02. The average molecular weight is 318 g/mol. The van der Waals surface area contributed by atoms with Crippen LogP contribution in [0.25, 0.3) is 0 Å². The Morgan fingerprint density at radius 2 is 2.05 bits per heavy atom. The van der Waals surface area contributed by atoms with Crippen molar-refractivity contribution >= 4 is 35.1 Å². The molecule has 110 valence electrons. The molecule has 0 heterocycles. The fourth-order valence-corrected chi connectivity index (χ4v) is 2.16. The predicted octanol–water partition coefficient (Wildman–Crippen LogP) is 3.30. The van der Waals surface area contributed by atoms with Crippen LogP contribution in [0.4, 0.5) is 0 Å². The van der Waals surface area contributed by atoms with E-state index in [1.807, 2.05) is 6.92 Å². The minimum absolute atomic E-state index is 0.00922. The Balaban J connectivity index is 2.66. The van der Waals surface area contributed by atoms with Gasteiger partial charge < -0.3 is 10.4 Å². The van der Waals surface area contributed by atoms with Crippen molar-refractivity contribution in [1.82, 2.24) is 5.32 Å². The first kappa shape index (κ1) is 16.8. The summed E-state index contributed by atoms with van der Waals surface area (Å²) in [6, 6.07) is 4.16.